The number of fused-ring (bicyclic) bond motifs is 1. The molecule has 0 atom stereocenters. The first kappa shape index (κ1) is 29.7. The quantitative estimate of drug-likeness (QED) is 0.0724. The van der Waals surface area contributed by atoms with Crippen molar-refractivity contribution in [2.45, 2.75) is 26.2 Å². The zero-order valence-electron chi connectivity index (χ0n) is 22.8. The van der Waals surface area contributed by atoms with Crippen LogP contribution in [0.4, 0.5) is 11.4 Å². The average molecular weight is 537 g/mol. The van der Waals surface area contributed by atoms with Crippen LogP contribution in [0.2, 0.25) is 0 Å². The molecule has 0 bridgehead atoms. The summed E-state index contributed by atoms with van der Waals surface area (Å²) in [5.74, 6) is -0.669. The van der Waals surface area contributed by atoms with Crippen molar-refractivity contribution in [2.24, 2.45) is 0 Å². The summed E-state index contributed by atoms with van der Waals surface area (Å²) < 4.78 is 10.3. The second-order valence-electron chi connectivity index (χ2n) is 9.27. The minimum absolute atomic E-state index is 0.305. The highest BCUT2D eigenvalue weighted by atomic mass is 16.5. The molecule has 6 nitrogen and oxygen atoms in total. The van der Waals surface area contributed by atoms with Crippen molar-refractivity contribution in [3.05, 3.63) is 120 Å². The zero-order chi connectivity index (χ0) is 28.7. The van der Waals surface area contributed by atoms with Crippen LogP contribution in [0.15, 0.2) is 103 Å². The third-order valence-electron chi connectivity index (χ3n) is 5.98. The van der Waals surface area contributed by atoms with Gasteiger partial charge in [-0.25, -0.2) is 9.59 Å². The lowest BCUT2D eigenvalue weighted by Crippen LogP contribution is -2.08. The van der Waals surface area contributed by atoms with E-state index in [1.54, 1.807) is 19.1 Å². The maximum Gasteiger partial charge on any atom is 0.338 e. The van der Waals surface area contributed by atoms with Gasteiger partial charge in [-0.05, 0) is 72.4 Å². The third kappa shape index (κ3) is 9.48. The van der Waals surface area contributed by atoms with Gasteiger partial charge in [0.1, 0.15) is 0 Å². The molecule has 0 saturated carbocycles. The van der Waals surface area contributed by atoms with Gasteiger partial charge in [-0.15, -0.1) is 0 Å². The summed E-state index contributed by atoms with van der Waals surface area (Å²) >= 11 is 0. The van der Waals surface area contributed by atoms with Crippen LogP contribution in [0.5, 0.6) is 0 Å². The molecular weight excluding hydrogens is 500 g/mol. The number of carbonyl (C=O) groups is 2. The van der Waals surface area contributed by atoms with Crippen molar-refractivity contribution in [1.82, 2.24) is 0 Å². The predicted octanol–water partition coefficient (Wildman–Crippen LogP) is 7.31. The van der Waals surface area contributed by atoms with Gasteiger partial charge in [-0.2, -0.15) is 0 Å². The Labute approximate surface area is 235 Å². The normalized spacial score (nSPS) is 10.5. The number of nitrogen functional groups attached to an aromatic ring is 2. The van der Waals surface area contributed by atoms with E-state index in [-0.39, 0.29) is 11.9 Å². The van der Waals surface area contributed by atoms with Crippen molar-refractivity contribution in [3.8, 4) is 0 Å². The monoisotopic (exact) mass is 536 g/mol. The van der Waals surface area contributed by atoms with E-state index in [1.807, 2.05) is 91.0 Å². The van der Waals surface area contributed by atoms with Crippen molar-refractivity contribution >= 4 is 46.2 Å². The number of benzene rings is 4. The molecule has 0 aliphatic rings. The molecule has 40 heavy (non-hydrogen) atoms. The highest BCUT2D eigenvalue weighted by molar-refractivity contribution is 6.04. The Bertz CT molecular complexity index is 1460. The van der Waals surface area contributed by atoms with Crippen LogP contribution in [0.3, 0.4) is 0 Å². The van der Waals surface area contributed by atoms with Gasteiger partial charge in [0.05, 0.1) is 18.8 Å². The van der Waals surface area contributed by atoms with Crippen LogP contribution < -0.4 is 11.5 Å². The fourth-order valence-corrected chi connectivity index (χ4v) is 3.80. The standard InChI is InChI=1S/C20H22O4.C14H14N2/c1-15(2)19(21)23-13-6-3-7-14-24-20(22)18-12-8-10-16-9-4-5-11-17(16)18;15-13-8-9-14(16)12(10-13)7-6-11-4-2-1-3-5-11/h4-5,8-12H,1,3,6-7,13-14H2,2H3;1-10H,15-16H2. The fourth-order valence-electron chi connectivity index (χ4n) is 3.80. The van der Waals surface area contributed by atoms with Crippen LogP contribution in [0.25, 0.3) is 22.9 Å². The van der Waals surface area contributed by atoms with Gasteiger partial charge >= 0.3 is 11.9 Å². The topological polar surface area (TPSA) is 105 Å². The molecule has 206 valence electrons. The lowest BCUT2D eigenvalue weighted by atomic mass is 10.1. The molecule has 4 aromatic rings. The molecule has 4 N–H and O–H groups in total. The Morgan fingerprint density at radius 3 is 2.20 bits per heavy atom. The minimum atomic E-state index is -0.364. The number of hydrogen-bond donors (Lipinski definition) is 2. The average Bonchev–Trinajstić information content (AvgIpc) is 2.97. The van der Waals surface area contributed by atoms with Gasteiger partial charge in [-0.3, -0.25) is 0 Å². The van der Waals surface area contributed by atoms with Crippen LogP contribution in [0.1, 0.15) is 47.7 Å². The number of hydrogen-bond acceptors (Lipinski definition) is 6. The summed E-state index contributed by atoms with van der Waals surface area (Å²) in [7, 11) is 0. The van der Waals surface area contributed by atoms with Gasteiger partial charge in [0.2, 0.25) is 0 Å². The van der Waals surface area contributed by atoms with Gasteiger partial charge in [0.15, 0.2) is 0 Å². The predicted molar refractivity (Wildman–Crippen MR) is 164 cm³/mol. The SMILES string of the molecule is C=C(C)C(=O)OCCCCCOC(=O)c1cccc2ccccc12.Nc1ccc(N)c(C=Cc2ccccc2)c1. The lowest BCUT2D eigenvalue weighted by Gasteiger charge is -2.08. The van der Waals surface area contributed by atoms with E-state index in [1.165, 1.54) is 0 Å². The molecule has 0 amide bonds. The maximum absolute atomic E-state index is 12.2. The second-order valence-corrected chi connectivity index (χ2v) is 9.27. The summed E-state index contributed by atoms with van der Waals surface area (Å²) in [5.41, 5.74) is 16.1. The van der Waals surface area contributed by atoms with Crippen LogP contribution >= 0.6 is 0 Å². The highest BCUT2D eigenvalue weighted by Crippen LogP contribution is 2.20. The highest BCUT2D eigenvalue weighted by Gasteiger charge is 2.10. The van der Waals surface area contributed by atoms with E-state index in [0.29, 0.717) is 24.4 Å². The number of unbranched alkanes of at least 4 members (excludes halogenated alkanes) is 2. The molecule has 0 spiro atoms. The summed E-state index contributed by atoms with van der Waals surface area (Å²) in [5, 5.41) is 1.92. The van der Waals surface area contributed by atoms with E-state index in [9.17, 15) is 9.59 Å². The fraction of sp³-hybridized carbons (Fsp3) is 0.176. The van der Waals surface area contributed by atoms with E-state index in [0.717, 1.165) is 52.5 Å². The molecule has 4 rings (SSSR count). The molecule has 0 unspecified atom stereocenters. The molecule has 0 fully saturated rings. The van der Waals surface area contributed by atoms with Crippen molar-refractivity contribution < 1.29 is 19.1 Å². The molecule has 0 saturated heterocycles. The number of rotatable bonds is 10. The Morgan fingerprint density at radius 1 is 0.775 bits per heavy atom. The summed E-state index contributed by atoms with van der Waals surface area (Å²) in [6, 6.07) is 28.9. The molecule has 0 aliphatic carbocycles. The number of esters is 2. The molecule has 0 aromatic heterocycles. The maximum atomic E-state index is 12.2. The molecule has 6 heteroatoms. The number of nitrogens with two attached hydrogens (primary N) is 2. The smallest absolute Gasteiger partial charge is 0.338 e. The number of ether oxygens (including phenoxy) is 2. The van der Waals surface area contributed by atoms with Crippen LogP contribution in [-0.2, 0) is 14.3 Å². The van der Waals surface area contributed by atoms with Crippen LogP contribution in [0, 0.1) is 0 Å². The van der Waals surface area contributed by atoms with E-state index < -0.39 is 0 Å². The van der Waals surface area contributed by atoms with E-state index >= 15 is 0 Å². The Kier molecular flexibility index (Phi) is 11.5. The lowest BCUT2D eigenvalue weighted by molar-refractivity contribution is -0.139. The number of anilines is 2. The Morgan fingerprint density at radius 2 is 1.45 bits per heavy atom. The van der Waals surface area contributed by atoms with Gasteiger partial charge in [0, 0.05) is 16.9 Å². The Balaban J connectivity index is 0.000000238. The van der Waals surface area contributed by atoms with Crippen molar-refractivity contribution in [1.29, 1.82) is 0 Å². The largest absolute Gasteiger partial charge is 0.462 e. The van der Waals surface area contributed by atoms with Gasteiger partial charge in [0.25, 0.3) is 0 Å². The van der Waals surface area contributed by atoms with E-state index in [4.69, 9.17) is 20.9 Å². The van der Waals surface area contributed by atoms with Crippen molar-refractivity contribution in [3.63, 3.8) is 0 Å². The van der Waals surface area contributed by atoms with Crippen LogP contribution in [-0.4, -0.2) is 25.2 Å². The molecule has 0 radical (unpaired) electrons. The summed E-state index contributed by atoms with van der Waals surface area (Å²) in [6.07, 6.45) is 6.30. The second kappa shape index (κ2) is 15.5. The first-order chi connectivity index (χ1) is 19.3. The van der Waals surface area contributed by atoms with Crippen molar-refractivity contribution in [2.75, 3.05) is 24.7 Å². The molecule has 0 heterocycles. The number of carbonyl (C=O) groups excluding carboxylic acids is 2. The minimum Gasteiger partial charge on any atom is -0.462 e. The first-order valence-electron chi connectivity index (χ1n) is 13.2. The molecule has 0 aliphatic heterocycles. The third-order valence-corrected chi connectivity index (χ3v) is 5.98. The zero-order valence-corrected chi connectivity index (χ0v) is 22.8. The Hall–Kier alpha value is -4.84. The first-order valence-corrected chi connectivity index (χ1v) is 13.2. The summed E-state index contributed by atoms with van der Waals surface area (Å²) in [6.45, 7) is 5.86. The molecule has 4 aromatic carbocycles. The molecular formula is C34H36N2O4. The summed E-state index contributed by atoms with van der Waals surface area (Å²) in [4.78, 5) is 23.4. The van der Waals surface area contributed by atoms with Gasteiger partial charge in [-0.1, -0.05) is 85.5 Å². The van der Waals surface area contributed by atoms with Gasteiger partial charge < -0.3 is 20.9 Å². The van der Waals surface area contributed by atoms with E-state index in [2.05, 4.69) is 6.58 Å².